The lowest BCUT2D eigenvalue weighted by Crippen LogP contribution is -2.14. The highest BCUT2D eigenvalue weighted by molar-refractivity contribution is 7.92. The van der Waals surface area contributed by atoms with E-state index in [1.54, 1.807) is 0 Å². The Morgan fingerprint density at radius 1 is 1.45 bits per heavy atom. The Bertz CT molecular complexity index is 744. The molecule has 11 heteroatoms. The second-order valence-corrected chi connectivity index (χ2v) is 5.67. The van der Waals surface area contributed by atoms with Gasteiger partial charge in [0, 0.05) is 12.3 Å². The Morgan fingerprint density at radius 3 is 2.85 bits per heavy atom. The molecular formula is C9H8ClN5O4S. The SMILES string of the molecule is O=C(O)Cn1cc(S(=O)(=O)Nc2cc(Cl)ncn2)cn1. The van der Waals surface area contributed by atoms with Gasteiger partial charge in [0.15, 0.2) is 0 Å². The second-order valence-electron chi connectivity index (χ2n) is 3.60. The van der Waals surface area contributed by atoms with Crippen LogP contribution >= 0.6 is 11.6 Å². The number of nitrogens with one attached hydrogen (secondary N) is 1. The second kappa shape index (κ2) is 5.43. The topological polar surface area (TPSA) is 127 Å². The van der Waals surface area contributed by atoms with Gasteiger partial charge in [0.05, 0.1) is 6.20 Å². The number of halogens is 1. The maximum Gasteiger partial charge on any atom is 0.325 e. The van der Waals surface area contributed by atoms with E-state index >= 15 is 0 Å². The molecule has 0 aliphatic rings. The lowest BCUT2D eigenvalue weighted by Gasteiger charge is -2.04. The average Bonchev–Trinajstić information content (AvgIpc) is 2.76. The summed E-state index contributed by atoms with van der Waals surface area (Å²) in [6.07, 6.45) is 3.24. The molecule has 106 valence electrons. The summed E-state index contributed by atoms with van der Waals surface area (Å²) < 4.78 is 27.2. The lowest BCUT2D eigenvalue weighted by molar-refractivity contribution is -0.137. The van der Waals surface area contributed by atoms with Crippen LogP contribution in [0.2, 0.25) is 5.15 Å². The van der Waals surface area contributed by atoms with Crippen LogP contribution in [-0.4, -0.2) is 39.2 Å². The minimum atomic E-state index is -3.92. The van der Waals surface area contributed by atoms with Crippen molar-refractivity contribution >= 4 is 33.4 Å². The number of sulfonamides is 1. The summed E-state index contributed by atoms with van der Waals surface area (Å²) in [5.74, 6) is -1.14. The van der Waals surface area contributed by atoms with Crippen LogP contribution in [0.4, 0.5) is 5.82 Å². The van der Waals surface area contributed by atoms with Gasteiger partial charge >= 0.3 is 5.97 Å². The van der Waals surface area contributed by atoms with Crippen molar-refractivity contribution in [1.29, 1.82) is 0 Å². The van der Waals surface area contributed by atoms with Crippen molar-refractivity contribution in [3.05, 3.63) is 29.9 Å². The van der Waals surface area contributed by atoms with Crippen LogP contribution in [0, 0.1) is 0 Å². The largest absolute Gasteiger partial charge is 0.480 e. The number of hydrogen-bond acceptors (Lipinski definition) is 6. The molecule has 0 atom stereocenters. The van der Waals surface area contributed by atoms with Gasteiger partial charge in [0.1, 0.15) is 28.7 Å². The molecule has 2 N–H and O–H groups in total. The van der Waals surface area contributed by atoms with E-state index in [2.05, 4.69) is 19.8 Å². The summed E-state index contributed by atoms with van der Waals surface area (Å²) in [5.41, 5.74) is 0. The number of nitrogens with zero attached hydrogens (tertiary/aromatic N) is 4. The van der Waals surface area contributed by atoms with Crippen LogP contribution in [0.1, 0.15) is 0 Å². The van der Waals surface area contributed by atoms with Crippen molar-refractivity contribution < 1.29 is 18.3 Å². The molecule has 0 spiro atoms. The molecule has 0 radical (unpaired) electrons. The molecule has 9 nitrogen and oxygen atoms in total. The van der Waals surface area contributed by atoms with E-state index in [4.69, 9.17) is 16.7 Å². The van der Waals surface area contributed by atoms with E-state index in [0.29, 0.717) is 0 Å². The fourth-order valence-electron chi connectivity index (χ4n) is 1.29. The number of carboxylic acids is 1. The van der Waals surface area contributed by atoms with Crippen LogP contribution in [0.3, 0.4) is 0 Å². The summed E-state index contributed by atoms with van der Waals surface area (Å²) in [5, 5.41) is 12.3. The Labute approximate surface area is 118 Å². The fraction of sp³-hybridized carbons (Fsp3) is 0.111. The van der Waals surface area contributed by atoms with Crippen molar-refractivity contribution in [2.75, 3.05) is 4.72 Å². The van der Waals surface area contributed by atoms with Gasteiger partial charge in [-0.15, -0.1) is 0 Å². The molecule has 0 unspecified atom stereocenters. The normalized spacial score (nSPS) is 11.2. The minimum absolute atomic E-state index is 0.00372. The predicted octanol–water partition coefficient (Wildman–Crippen LogP) is 0.212. The quantitative estimate of drug-likeness (QED) is 0.754. The first-order valence-electron chi connectivity index (χ1n) is 5.11. The van der Waals surface area contributed by atoms with Crippen molar-refractivity contribution in [3.8, 4) is 0 Å². The summed E-state index contributed by atoms with van der Waals surface area (Å²) in [6.45, 7) is -0.436. The van der Waals surface area contributed by atoms with Crippen molar-refractivity contribution in [2.24, 2.45) is 0 Å². The molecule has 2 rings (SSSR count). The standard InChI is InChI=1S/C9H8ClN5O4S/c10-7-1-8(12-5-11-7)14-20(18,19)6-2-13-15(3-6)4-9(16)17/h1-3,5H,4H2,(H,16,17)(H,11,12,14). The third-order valence-corrected chi connectivity index (χ3v) is 3.61. The number of aromatic nitrogens is 4. The van der Waals surface area contributed by atoms with Gasteiger partial charge in [-0.25, -0.2) is 18.4 Å². The molecule has 0 bridgehead atoms. The third kappa shape index (κ3) is 3.42. The number of anilines is 1. The Kier molecular flexibility index (Phi) is 3.86. The van der Waals surface area contributed by atoms with Crippen LogP contribution in [-0.2, 0) is 21.4 Å². The van der Waals surface area contributed by atoms with Crippen LogP contribution in [0.5, 0.6) is 0 Å². The summed E-state index contributed by atoms with van der Waals surface area (Å²) in [4.78, 5) is 17.6. The van der Waals surface area contributed by atoms with E-state index in [-0.39, 0.29) is 15.9 Å². The highest BCUT2D eigenvalue weighted by atomic mass is 35.5. The van der Waals surface area contributed by atoms with Gasteiger partial charge in [0.25, 0.3) is 10.0 Å². The number of rotatable bonds is 5. The molecular weight excluding hydrogens is 310 g/mol. The zero-order chi connectivity index (χ0) is 14.8. The zero-order valence-electron chi connectivity index (χ0n) is 9.76. The molecule has 2 aromatic rings. The highest BCUT2D eigenvalue weighted by Crippen LogP contribution is 2.15. The summed E-state index contributed by atoms with van der Waals surface area (Å²) in [6, 6.07) is 1.24. The van der Waals surface area contributed by atoms with Gasteiger partial charge in [0.2, 0.25) is 0 Å². The molecule has 2 aromatic heterocycles. The van der Waals surface area contributed by atoms with Crippen LogP contribution in [0.25, 0.3) is 0 Å². The Hall–Kier alpha value is -2.20. The number of carboxylic acid groups (broad SMARTS) is 1. The molecule has 2 heterocycles. The smallest absolute Gasteiger partial charge is 0.325 e. The van der Waals surface area contributed by atoms with Gasteiger partial charge in [-0.2, -0.15) is 5.10 Å². The van der Waals surface area contributed by atoms with Gasteiger partial charge in [-0.1, -0.05) is 11.6 Å². The fourth-order valence-corrected chi connectivity index (χ4v) is 2.39. The van der Waals surface area contributed by atoms with E-state index < -0.39 is 22.5 Å². The van der Waals surface area contributed by atoms with Crippen molar-refractivity contribution in [1.82, 2.24) is 19.7 Å². The summed E-state index contributed by atoms with van der Waals surface area (Å²) >= 11 is 5.61. The number of carbonyl (C=O) groups is 1. The highest BCUT2D eigenvalue weighted by Gasteiger charge is 2.18. The lowest BCUT2D eigenvalue weighted by atomic mass is 10.6. The third-order valence-electron chi connectivity index (χ3n) is 2.09. The minimum Gasteiger partial charge on any atom is -0.480 e. The molecule has 0 aromatic carbocycles. The molecule has 0 aliphatic heterocycles. The monoisotopic (exact) mass is 317 g/mol. The Balaban J connectivity index is 2.22. The molecule has 0 saturated carbocycles. The van der Waals surface area contributed by atoms with E-state index in [0.717, 1.165) is 23.4 Å². The van der Waals surface area contributed by atoms with Gasteiger partial charge < -0.3 is 5.11 Å². The van der Waals surface area contributed by atoms with Crippen LogP contribution in [0.15, 0.2) is 29.7 Å². The zero-order valence-corrected chi connectivity index (χ0v) is 11.3. The predicted molar refractivity (Wildman–Crippen MR) is 67.7 cm³/mol. The van der Waals surface area contributed by atoms with Gasteiger partial charge in [-0.3, -0.25) is 14.2 Å². The molecule has 0 amide bonds. The first kappa shape index (κ1) is 14.2. The first-order chi connectivity index (χ1) is 9.37. The average molecular weight is 318 g/mol. The van der Waals surface area contributed by atoms with Gasteiger partial charge in [-0.05, 0) is 0 Å². The molecule has 0 fully saturated rings. The molecule has 20 heavy (non-hydrogen) atoms. The van der Waals surface area contributed by atoms with E-state index in [9.17, 15) is 13.2 Å². The molecule has 0 saturated heterocycles. The Morgan fingerprint density at radius 2 is 2.20 bits per heavy atom. The number of aliphatic carboxylic acids is 1. The van der Waals surface area contributed by atoms with Crippen molar-refractivity contribution in [3.63, 3.8) is 0 Å². The van der Waals surface area contributed by atoms with E-state index in [1.165, 1.54) is 6.07 Å². The number of hydrogen-bond donors (Lipinski definition) is 2. The maximum atomic E-state index is 12.0. The van der Waals surface area contributed by atoms with Crippen LogP contribution < -0.4 is 4.72 Å². The first-order valence-corrected chi connectivity index (χ1v) is 6.97. The van der Waals surface area contributed by atoms with E-state index in [1.807, 2.05) is 0 Å². The molecule has 0 aliphatic carbocycles. The summed E-state index contributed by atoms with van der Waals surface area (Å²) in [7, 11) is -3.92. The maximum absolute atomic E-state index is 12.0. The van der Waals surface area contributed by atoms with Crippen molar-refractivity contribution in [2.45, 2.75) is 11.4 Å².